The minimum absolute atomic E-state index is 0.131. The molecule has 0 saturated heterocycles. The van der Waals surface area contributed by atoms with Crippen molar-refractivity contribution in [3.8, 4) is 0 Å². The molecule has 19 heavy (non-hydrogen) atoms. The Balaban J connectivity index is 1.97. The fourth-order valence-electron chi connectivity index (χ4n) is 1.37. The molecule has 0 unspecified atom stereocenters. The molecule has 2 amide bonds. The zero-order valence-corrected chi connectivity index (χ0v) is 9.74. The second-order valence-electron chi connectivity index (χ2n) is 3.60. The molecule has 96 valence electrons. The average Bonchev–Trinajstić information content (AvgIpc) is 2.40. The van der Waals surface area contributed by atoms with E-state index in [1.54, 1.807) is 24.3 Å². The van der Waals surface area contributed by atoms with Crippen molar-refractivity contribution in [2.45, 2.75) is 0 Å². The lowest BCUT2D eigenvalue weighted by molar-refractivity contribution is -0.385. The van der Waals surface area contributed by atoms with Crippen molar-refractivity contribution in [1.82, 2.24) is 4.98 Å². The highest BCUT2D eigenvalue weighted by Crippen LogP contribution is 2.12. The summed E-state index contributed by atoms with van der Waals surface area (Å²) in [5.41, 5.74) is 0.510. The van der Waals surface area contributed by atoms with E-state index in [9.17, 15) is 14.9 Å². The third-order valence-electron chi connectivity index (χ3n) is 2.23. The van der Waals surface area contributed by atoms with Gasteiger partial charge in [0.1, 0.15) is 12.0 Å². The summed E-state index contributed by atoms with van der Waals surface area (Å²) in [6.45, 7) is 0. The molecule has 0 aliphatic rings. The number of benzene rings is 1. The number of urea groups is 1. The van der Waals surface area contributed by atoms with Crippen LogP contribution in [0.2, 0.25) is 0 Å². The van der Waals surface area contributed by atoms with Gasteiger partial charge in [-0.1, -0.05) is 18.2 Å². The minimum atomic E-state index is -0.555. The largest absolute Gasteiger partial charge is 0.324 e. The third kappa shape index (κ3) is 3.50. The van der Waals surface area contributed by atoms with E-state index < -0.39 is 11.0 Å². The number of rotatable bonds is 3. The van der Waals surface area contributed by atoms with Gasteiger partial charge >= 0.3 is 6.03 Å². The Morgan fingerprint density at radius 2 is 1.84 bits per heavy atom. The van der Waals surface area contributed by atoms with Crippen LogP contribution in [0, 0.1) is 10.1 Å². The molecule has 7 nitrogen and oxygen atoms in total. The Kier molecular flexibility index (Phi) is 3.67. The van der Waals surface area contributed by atoms with E-state index in [0.717, 1.165) is 6.20 Å². The Bertz CT molecular complexity index is 584. The molecule has 2 aromatic rings. The molecule has 1 aromatic carbocycles. The van der Waals surface area contributed by atoms with Crippen molar-refractivity contribution >= 4 is 23.2 Å². The Morgan fingerprint density at radius 1 is 1.11 bits per heavy atom. The van der Waals surface area contributed by atoms with Crippen molar-refractivity contribution in [1.29, 1.82) is 0 Å². The van der Waals surface area contributed by atoms with E-state index in [4.69, 9.17) is 0 Å². The van der Waals surface area contributed by atoms with Crippen LogP contribution in [0.25, 0.3) is 0 Å². The van der Waals surface area contributed by atoms with Crippen LogP contribution in [0.15, 0.2) is 48.7 Å². The maximum Gasteiger partial charge on any atom is 0.324 e. The topological polar surface area (TPSA) is 97.2 Å². The van der Waals surface area contributed by atoms with E-state index in [-0.39, 0.29) is 11.5 Å². The number of para-hydroxylation sites is 1. The molecule has 0 fully saturated rings. The summed E-state index contributed by atoms with van der Waals surface area (Å²) < 4.78 is 0. The molecule has 0 bridgehead atoms. The summed E-state index contributed by atoms with van der Waals surface area (Å²) in [6, 6.07) is 11.1. The smallest absolute Gasteiger partial charge is 0.308 e. The molecule has 2 N–H and O–H groups in total. The number of nitro groups is 1. The number of carbonyl (C=O) groups excluding carboxylic acids is 1. The zero-order chi connectivity index (χ0) is 13.7. The number of amides is 2. The Morgan fingerprint density at radius 3 is 2.42 bits per heavy atom. The molecule has 0 atom stereocenters. The summed E-state index contributed by atoms with van der Waals surface area (Å²) >= 11 is 0. The molecular weight excluding hydrogens is 248 g/mol. The second-order valence-corrected chi connectivity index (χ2v) is 3.60. The summed E-state index contributed by atoms with van der Waals surface area (Å²) in [7, 11) is 0. The van der Waals surface area contributed by atoms with E-state index in [1.807, 2.05) is 6.07 Å². The number of aromatic nitrogens is 1. The first-order chi connectivity index (χ1) is 9.15. The number of nitrogens with one attached hydrogen (secondary N) is 2. The summed E-state index contributed by atoms with van der Waals surface area (Å²) in [4.78, 5) is 25.3. The van der Waals surface area contributed by atoms with Gasteiger partial charge in [-0.2, -0.15) is 0 Å². The lowest BCUT2D eigenvalue weighted by Gasteiger charge is -2.06. The van der Waals surface area contributed by atoms with Gasteiger partial charge in [-0.15, -0.1) is 0 Å². The van der Waals surface area contributed by atoms with Gasteiger partial charge in [-0.25, -0.2) is 9.78 Å². The molecule has 0 radical (unpaired) electrons. The average molecular weight is 258 g/mol. The van der Waals surface area contributed by atoms with Crippen LogP contribution in [-0.2, 0) is 0 Å². The molecule has 1 aromatic heterocycles. The normalized spacial score (nSPS) is 9.68. The van der Waals surface area contributed by atoms with Crippen molar-refractivity contribution in [3.05, 3.63) is 58.8 Å². The zero-order valence-electron chi connectivity index (χ0n) is 9.74. The van der Waals surface area contributed by atoms with Crippen LogP contribution >= 0.6 is 0 Å². The predicted molar refractivity (Wildman–Crippen MR) is 70.0 cm³/mol. The van der Waals surface area contributed by atoms with E-state index in [1.165, 1.54) is 12.1 Å². The van der Waals surface area contributed by atoms with Gasteiger partial charge in [0.05, 0.1) is 4.92 Å². The second kappa shape index (κ2) is 5.58. The number of nitrogens with zero attached hydrogens (tertiary/aromatic N) is 2. The number of carbonyl (C=O) groups is 1. The first-order valence-electron chi connectivity index (χ1n) is 5.38. The van der Waals surface area contributed by atoms with Gasteiger partial charge in [0.15, 0.2) is 0 Å². The van der Waals surface area contributed by atoms with Crippen LogP contribution < -0.4 is 10.6 Å². The van der Waals surface area contributed by atoms with Gasteiger partial charge in [0, 0.05) is 11.8 Å². The Labute approximate surface area is 108 Å². The van der Waals surface area contributed by atoms with Crippen LogP contribution in [0.3, 0.4) is 0 Å². The first kappa shape index (κ1) is 12.5. The molecule has 0 aliphatic heterocycles. The molecule has 0 aliphatic carbocycles. The molecule has 0 spiro atoms. The maximum absolute atomic E-state index is 11.6. The Hall–Kier alpha value is -2.96. The molecule has 2 rings (SSSR count). The van der Waals surface area contributed by atoms with Gasteiger partial charge in [-0.3, -0.25) is 15.4 Å². The number of hydrogen-bond acceptors (Lipinski definition) is 4. The van der Waals surface area contributed by atoms with Gasteiger partial charge in [-0.05, 0) is 18.2 Å². The van der Waals surface area contributed by atoms with Crippen LogP contribution in [0.4, 0.5) is 22.0 Å². The highest BCUT2D eigenvalue weighted by atomic mass is 16.6. The summed E-state index contributed by atoms with van der Waals surface area (Å²) in [6.07, 6.45) is 1.08. The standard InChI is InChI=1S/C12H10N4O3/c17-12(14-9-4-2-1-3-5-9)15-11-7-6-10(8-13-11)16(18)19/h1-8H,(H2,13,14,15,17). The highest BCUT2D eigenvalue weighted by Gasteiger charge is 2.07. The summed E-state index contributed by atoms with van der Waals surface area (Å²) in [5.74, 6) is 0.235. The van der Waals surface area contributed by atoms with Crippen LogP contribution in [-0.4, -0.2) is 15.9 Å². The molecule has 0 saturated carbocycles. The van der Waals surface area contributed by atoms with Gasteiger partial charge < -0.3 is 5.32 Å². The van der Waals surface area contributed by atoms with E-state index in [2.05, 4.69) is 15.6 Å². The van der Waals surface area contributed by atoms with Crippen molar-refractivity contribution in [3.63, 3.8) is 0 Å². The predicted octanol–water partition coefficient (Wildman–Crippen LogP) is 2.63. The fraction of sp³-hybridized carbons (Fsp3) is 0. The molecular formula is C12H10N4O3. The monoisotopic (exact) mass is 258 g/mol. The van der Waals surface area contributed by atoms with Gasteiger partial charge in [0.25, 0.3) is 5.69 Å². The number of anilines is 2. The quantitative estimate of drug-likeness (QED) is 0.653. The first-order valence-corrected chi connectivity index (χ1v) is 5.38. The van der Waals surface area contributed by atoms with Crippen molar-refractivity contribution in [2.24, 2.45) is 0 Å². The fourth-order valence-corrected chi connectivity index (χ4v) is 1.37. The number of pyridine rings is 1. The van der Waals surface area contributed by atoms with Gasteiger partial charge in [0.2, 0.25) is 0 Å². The van der Waals surface area contributed by atoms with Crippen molar-refractivity contribution < 1.29 is 9.72 Å². The lowest BCUT2D eigenvalue weighted by atomic mass is 10.3. The summed E-state index contributed by atoms with van der Waals surface area (Å²) in [5, 5.41) is 15.5. The lowest BCUT2D eigenvalue weighted by Crippen LogP contribution is -2.19. The van der Waals surface area contributed by atoms with E-state index in [0.29, 0.717) is 5.69 Å². The third-order valence-corrected chi connectivity index (χ3v) is 2.23. The van der Waals surface area contributed by atoms with Crippen LogP contribution in [0.1, 0.15) is 0 Å². The molecule has 7 heteroatoms. The number of hydrogen-bond donors (Lipinski definition) is 2. The minimum Gasteiger partial charge on any atom is -0.308 e. The SMILES string of the molecule is O=C(Nc1ccccc1)Nc1ccc([N+](=O)[O-])cn1. The van der Waals surface area contributed by atoms with Crippen LogP contribution in [0.5, 0.6) is 0 Å². The van der Waals surface area contributed by atoms with E-state index >= 15 is 0 Å². The highest BCUT2D eigenvalue weighted by molar-refractivity contribution is 5.99. The maximum atomic E-state index is 11.6. The van der Waals surface area contributed by atoms with Crippen molar-refractivity contribution in [2.75, 3.05) is 10.6 Å². The molecule has 1 heterocycles.